The average Bonchev–Trinajstić information content (AvgIpc) is 2.16. The third-order valence-corrected chi connectivity index (χ3v) is 2.36. The number of rotatable bonds is 3. The summed E-state index contributed by atoms with van der Waals surface area (Å²) in [4.78, 5) is 11.5. The Morgan fingerprint density at radius 3 is 2.77 bits per heavy atom. The Morgan fingerprint density at radius 2 is 2.23 bits per heavy atom. The van der Waals surface area contributed by atoms with Gasteiger partial charge in [0.05, 0.1) is 18.0 Å². The van der Waals surface area contributed by atoms with E-state index in [9.17, 15) is 4.79 Å². The van der Waals surface area contributed by atoms with Crippen molar-refractivity contribution in [3.05, 3.63) is 29.3 Å². The van der Waals surface area contributed by atoms with Gasteiger partial charge in [0.25, 0.3) is 0 Å². The summed E-state index contributed by atoms with van der Waals surface area (Å²) in [5.74, 6) is 0.694. The number of hydrogen-bond donors (Lipinski definition) is 0. The van der Waals surface area contributed by atoms with Crippen molar-refractivity contribution in [1.82, 2.24) is 0 Å². The zero-order valence-corrected chi connectivity index (χ0v) is 9.22. The van der Waals surface area contributed by atoms with E-state index in [1.807, 2.05) is 19.1 Å². The van der Waals surface area contributed by atoms with Crippen molar-refractivity contribution in [1.29, 1.82) is 0 Å². The van der Waals surface area contributed by atoms with Crippen LogP contribution in [0.25, 0.3) is 0 Å². The Balaban J connectivity index is 3.22. The second-order valence-corrected chi connectivity index (χ2v) is 3.27. The molecule has 1 rings (SSSR count). The van der Waals surface area contributed by atoms with Crippen LogP contribution in [0.2, 0.25) is 0 Å². The number of benzene rings is 1. The van der Waals surface area contributed by atoms with Crippen molar-refractivity contribution in [3.63, 3.8) is 0 Å². The van der Waals surface area contributed by atoms with E-state index >= 15 is 0 Å². The van der Waals surface area contributed by atoms with Crippen molar-refractivity contribution in [2.45, 2.75) is 6.92 Å². The summed E-state index contributed by atoms with van der Waals surface area (Å²) in [5.41, 5.74) is 1.62. The molecule has 0 aromatic heterocycles. The normalized spacial score (nSPS) is 9.77. The van der Waals surface area contributed by atoms with Gasteiger partial charge in [-0.25, -0.2) is 0 Å². The van der Waals surface area contributed by atoms with Gasteiger partial charge in [0.15, 0.2) is 5.78 Å². The lowest BCUT2D eigenvalue weighted by Gasteiger charge is -2.08. The van der Waals surface area contributed by atoms with Gasteiger partial charge in [-0.2, -0.15) is 0 Å². The fraction of sp³-hybridized carbons (Fsp3) is 0.300. The molecule has 0 N–H and O–H groups in total. The predicted molar refractivity (Wildman–Crippen MR) is 55.9 cm³/mol. The molecule has 2 nitrogen and oxygen atoms in total. The second-order valence-electron chi connectivity index (χ2n) is 2.71. The van der Waals surface area contributed by atoms with Crippen LogP contribution in [-0.2, 0) is 0 Å². The number of methoxy groups -OCH3 is 1. The van der Waals surface area contributed by atoms with E-state index in [0.717, 1.165) is 5.56 Å². The van der Waals surface area contributed by atoms with E-state index in [2.05, 4.69) is 15.9 Å². The maximum atomic E-state index is 11.5. The van der Waals surface area contributed by atoms with E-state index in [4.69, 9.17) is 4.74 Å². The van der Waals surface area contributed by atoms with Crippen LogP contribution in [0.15, 0.2) is 18.2 Å². The third-order valence-electron chi connectivity index (χ3n) is 1.85. The van der Waals surface area contributed by atoms with Crippen molar-refractivity contribution < 1.29 is 9.53 Å². The summed E-state index contributed by atoms with van der Waals surface area (Å²) in [6.45, 7) is 1.90. The lowest BCUT2D eigenvalue weighted by molar-refractivity contribution is 0.102. The van der Waals surface area contributed by atoms with E-state index < -0.39 is 0 Å². The Morgan fingerprint density at radius 1 is 1.54 bits per heavy atom. The van der Waals surface area contributed by atoms with Crippen LogP contribution in [0, 0.1) is 6.92 Å². The SMILES string of the molecule is COc1cccc(C)c1C(=O)CBr. The first-order valence-corrected chi connectivity index (χ1v) is 5.05. The van der Waals surface area contributed by atoms with Crippen molar-refractivity contribution in [3.8, 4) is 5.75 Å². The summed E-state index contributed by atoms with van der Waals surface area (Å²) in [7, 11) is 1.57. The minimum absolute atomic E-state index is 0.0509. The molecule has 0 saturated heterocycles. The molecule has 0 atom stereocenters. The molecule has 0 spiro atoms. The van der Waals surface area contributed by atoms with Crippen LogP contribution in [0.4, 0.5) is 0 Å². The van der Waals surface area contributed by atoms with Crippen LogP contribution in [0.3, 0.4) is 0 Å². The lowest BCUT2D eigenvalue weighted by atomic mass is 10.0. The third kappa shape index (κ3) is 2.10. The molecule has 0 radical (unpaired) electrons. The van der Waals surface area contributed by atoms with E-state index in [1.54, 1.807) is 13.2 Å². The largest absolute Gasteiger partial charge is 0.496 e. The molecule has 0 heterocycles. The van der Waals surface area contributed by atoms with E-state index in [1.165, 1.54) is 0 Å². The number of halogens is 1. The zero-order chi connectivity index (χ0) is 9.84. The fourth-order valence-electron chi connectivity index (χ4n) is 1.24. The molecule has 0 fully saturated rings. The van der Waals surface area contributed by atoms with Gasteiger partial charge in [-0.1, -0.05) is 28.1 Å². The first-order valence-electron chi connectivity index (χ1n) is 3.93. The van der Waals surface area contributed by atoms with Gasteiger partial charge >= 0.3 is 0 Å². The summed E-state index contributed by atoms with van der Waals surface area (Å²) in [5, 5.41) is 0.328. The zero-order valence-electron chi connectivity index (χ0n) is 7.63. The number of alkyl halides is 1. The first-order chi connectivity index (χ1) is 6.20. The highest BCUT2D eigenvalue weighted by Gasteiger charge is 2.12. The van der Waals surface area contributed by atoms with Gasteiger partial charge in [0.1, 0.15) is 5.75 Å². The molecule has 0 amide bonds. The van der Waals surface area contributed by atoms with E-state index in [0.29, 0.717) is 16.6 Å². The highest BCUT2D eigenvalue weighted by atomic mass is 79.9. The molecule has 0 saturated carbocycles. The number of ketones is 1. The maximum absolute atomic E-state index is 11.5. The summed E-state index contributed by atoms with van der Waals surface area (Å²) in [6.07, 6.45) is 0. The Labute approximate surface area is 86.0 Å². The molecule has 0 aliphatic heterocycles. The molecule has 0 bridgehead atoms. The first kappa shape index (κ1) is 10.3. The van der Waals surface area contributed by atoms with Crippen LogP contribution in [0.1, 0.15) is 15.9 Å². The monoisotopic (exact) mass is 242 g/mol. The summed E-state index contributed by atoms with van der Waals surface area (Å²) in [6, 6.07) is 5.57. The molecule has 3 heteroatoms. The fourth-order valence-corrected chi connectivity index (χ4v) is 1.52. The molecule has 1 aromatic rings. The number of Topliss-reactive ketones (excluding diaryl/α,β-unsaturated/α-hetero) is 1. The molecule has 1 aromatic carbocycles. The molecule has 0 aliphatic rings. The van der Waals surface area contributed by atoms with Crippen LogP contribution in [0.5, 0.6) is 5.75 Å². The minimum atomic E-state index is 0.0509. The Hall–Kier alpha value is -0.830. The second kappa shape index (κ2) is 4.42. The van der Waals surface area contributed by atoms with Crippen molar-refractivity contribution in [2.24, 2.45) is 0 Å². The molecule has 70 valence electrons. The highest BCUT2D eigenvalue weighted by molar-refractivity contribution is 9.09. The van der Waals surface area contributed by atoms with Crippen molar-refractivity contribution in [2.75, 3.05) is 12.4 Å². The van der Waals surface area contributed by atoms with Gasteiger partial charge in [0, 0.05) is 0 Å². The average molecular weight is 243 g/mol. The topological polar surface area (TPSA) is 26.3 Å². The number of carbonyl (C=O) groups excluding carboxylic acids is 1. The number of carbonyl (C=O) groups is 1. The highest BCUT2D eigenvalue weighted by Crippen LogP contribution is 2.22. The van der Waals surface area contributed by atoms with Crippen molar-refractivity contribution >= 4 is 21.7 Å². The quantitative estimate of drug-likeness (QED) is 0.602. The van der Waals surface area contributed by atoms with Gasteiger partial charge in [-0.3, -0.25) is 4.79 Å². The van der Waals surface area contributed by atoms with Crippen LogP contribution in [-0.4, -0.2) is 18.2 Å². The molecule has 0 unspecified atom stereocenters. The molecule has 13 heavy (non-hydrogen) atoms. The van der Waals surface area contributed by atoms with Gasteiger partial charge in [-0.05, 0) is 18.6 Å². The maximum Gasteiger partial charge on any atom is 0.177 e. The van der Waals surface area contributed by atoms with Gasteiger partial charge in [-0.15, -0.1) is 0 Å². The molecular weight excluding hydrogens is 232 g/mol. The van der Waals surface area contributed by atoms with E-state index in [-0.39, 0.29) is 5.78 Å². The standard InChI is InChI=1S/C10H11BrO2/c1-7-4-3-5-9(13-2)10(7)8(12)6-11/h3-5H,6H2,1-2H3. The number of aryl methyl sites for hydroxylation is 1. The van der Waals surface area contributed by atoms with Gasteiger partial charge < -0.3 is 4.74 Å². The lowest BCUT2D eigenvalue weighted by Crippen LogP contribution is -2.05. The summed E-state index contributed by atoms with van der Waals surface area (Å²) < 4.78 is 5.11. The van der Waals surface area contributed by atoms with Gasteiger partial charge in [0.2, 0.25) is 0 Å². The molecule has 0 aliphatic carbocycles. The van der Waals surface area contributed by atoms with Crippen LogP contribution < -0.4 is 4.74 Å². The predicted octanol–water partition coefficient (Wildman–Crippen LogP) is 2.58. The summed E-state index contributed by atoms with van der Waals surface area (Å²) >= 11 is 3.14. The van der Waals surface area contributed by atoms with Crippen LogP contribution >= 0.6 is 15.9 Å². The number of ether oxygens (including phenoxy) is 1. The molecular formula is C10H11BrO2. The Bertz CT molecular complexity index is 321. The number of hydrogen-bond acceptors (Lipinski definition) is 2. The Kier molecular flexibility index (Phi) is 3.48. The smallest absolute Gasteiger partial charge is 0.177 e. The minimum Gasteiger partial charge on any atom is -0.496 e.